The molecule has 3 N–H and O–H groups in total. The summed E-state index contributed by atoms with van der Waals surface area (Å²) in [6.45, 7) is 9.01. The van der Waals surface area contributed by atoms with E-state index in [2.05, 4.69) is 26.1 Å². The van der Waals surface area contributed by atoms with E-state index >= 15 is 0 Å². The van der Waals surface area contributed by atoms with E-state index in [0.29, 0.717) is 38.0 Å². The molecule has 1 atom stereocenters. The quantitative estimate of drug-likeness (QED) is 0.573. The van der Waals surface area contributed by atoms with Crippen molar-refractivity contribution >= 4 is 5.91 Å². The number of carbonyl (C=O) groups is 1. The van der Waals surface area contributed by atoms with Gasteiger partial charge in [-0.3, -0.25) is 4.79 Å². The first kappa shape index (κ1) is 16.4. The Kier molecular flexibility index (Phi) is 10.2. The van der Waals surface area contributed by atoms with Crippen LogP contribution in [0.3, 0.4) is 0 Å². The topological polar surface area (TPSA) is 64.3 Å². The van der Waals surface area contributed by atoms with Crippen molar-refractivity contribution in [1.82, 2.24) is 5.32 Å². The third-order valence-electron chi connectivity index (χ3n) is 2.54. The summed E-state index contributed by atoms with van der Waals surface area (Å²) in [5.41, 5.74) is 5.46. The third kappa shape index (κ3) is 11.6. The Morgan fingerprint density at radius 3 is 2.59 bits per heavy atom. The van der Waals surface area contributed by atoms with Crippen LogP contribution in [-0.4, -0.2) is 32.2 Å². The lowest BCUT2D eigenvalue weighted by Gasteiger charge is -2.10. The first-order valence-corrected chi connectivity index (χ1v) is 6.60. The van der Waals surface area contributed by atoms with Crippen LogP contribution in [-0.2, 0) is 9.53 Å². The predicted octanol–water partition coefficient (Wildman–Crippen LogP) is 1.54. The van der Waals surface area contributed by atoms with Crippen LogP contribution < -0.4 is 11.1 Å². The summed E-state index contributed by atoms with van der Waals surface area (Å²) in [7, 11) is 0. The monoisotopic (exact) mass is 244 g/mol. The van der Waals surface area contributed by atoms with Crippen LogP contribution in [0.4, 0.5) is 0 Å². The maximum Gasteiger partial charge on any atom is 0.220 e. The largest absolute Gasteiger partial charge is 0.379 e. The van der Waals surface area contributed by atoms with E-state index in [1.165, 1.54) is 0 Å². The van der Waals surface area contributed by atoms with Crippen LogP contribution >= 0.6 is 0 Å². The number of amides is 1. The highest BCUT2D eigenvalue weighted by atomic mass is 16.5. The molecule has 0 aromatic rings. The van der Waals surface area contributed by atoms with E-state index in [1.807, 2.05) is 0 Å². The maximum absolute atomic E-state index is 11.5. The van der Waals surface area contributed by atoms with E-state index in [9.17, 15) is 4.79 Å². The van der Waals surface area contributed by atoms with E-state index in [-0.39, 0.29) is 5.91 Å². The van der Waals surface area contributed by atoms with E-state index < -0.39 is 0 Å². The fourth-order valence-electron chi connectivity index (χ4n) is 1.48. The first-order chi connectivity index (χ1) is 8.06. The minimum absolute atomic E-state index is 0.113. The molecule has 1 unspecified atom stereocenters. The van der Waals surface area contributed by atoms with Gasteiger partial charge in [0.25, 0.3) is 0 Å². The van der Waals surface area contributed by atoms with Gasteiger partial charge < -0.3 is 15.8 Å². The summed E-state index contributed by atoms with van der Waals surface area (Å²) in [6.07, 6.45) is 2.49. The number of hydrogen-bond acceptors (Lipinski definition) is 3. The van der Waals surface area contributed by atoms with E-state index in [4.69, 9.17) is 10.5 Å². The van der Waals surface area contributed by atoms with Crippen molar-refractivity contribution in [2.45, 2.75) is 40.0 Å². The van der Waals surface area contributed by atoms with Crippen LogP contribution in [0.25, 0.3) is 0 Å². The van der Waals surface area contributed by atoms with Crippen LogP contribution in [0.1, 0.15) is 40.0 Å². The highest BCUT2D eigenvalue weighted by Gasteiger charge is 2.05. The molecule has 102 valence electrons. The summed E-state index contributed by atoms with van der Waals surface area (Å²) in [4.78, 5) is 11.5. The van der Waals surface area contributed by atoms with Crippen LogP contribution in [0.2, 0.25) is 0 Å². The summed E-state index contributed by atoms with van der Waals surface area (Å²) in [5.74, 6) is 1.19. The van der Waals surface area contributed by atoms with Gasteiger partial charge in [0.1, 0.15) is 0 Å². The van der Waals surface area contributed by atoms with Gasteiger partial charge in [0.15, 0.2) is 0 Å². The van der Waals surface area contributed by atoms with Crippen molar-refractivity contribution < 1.29 is 9.53 Å². The van der Waals surface area contributed by atoms with Crippen molar-refractivity contribution in [3.63, 3.8) is 0 Å². The summed E-state index contributed by atoms with van der Waals surface area (Å²) < 4.78 is 5.38. The Morgan fingerprint density at radius 2 is 2.00 bits per heavy atom. The first-order valence-electron chi connectivity index (χ1n) is 6.60. The van der Waals surface area contributed by atoms with Gasteiger partial charge >= 0.3 is 0 Å². The molecule has 0 bridgehead atoms. The molecule has 0 aromatic carbocycles. The fourth-order valence-corrected chi connectivity index (χ4v) is 1.48. The lowest BCUT2D eigenvalue weighted by atomic mass is 10.0. The minimum Gasteiger partial charge on any atom is -0.379 e. The lowest BCUT2D eigenvalue weighted by molar-refractivity contribution is -0.121. The summed E-state index contributed by atoms with van der Waals surface area (Å²) in [5, 5.41) is 2.86. The molecule has 0 radical (unpaired) electrons. The molecule has 4 heteroatoms. The zero-order valence-corrected chi connectivity index (χ0v) is 11.5. The van der Waals surface area contributed by atoms with Gasteiger partial charge in [0.05, 0.1) is 6.61 Å². The molecule has 0 aromatic heterocycles. The molecular weight excluding hydrogens is 216 g/mol. The Morgan fingerprint density at radius 1 is 1.29 bits per heavy atom. The Balaban J connectivity index is 3.34. The fraction of sp³-hybridized carbons (Fsp3) is 0.923. The molecule has 0 saturated carbocycles. The van der Waals surface area contributed by atoms with Crippen molar-refractivity contribution in [2.24, 2.45) is 17.6 Å². The standard InChI is InChI=1S/C13H28N2O2/c1-11(2)10-17-9-8-15-13(16)5-4-12(3)6-7-14/h11-12H,4-10,14H2,1-3H3,(H,15,16). The van der Waals surface area contributed by atoms with Gasteiger partial charge in [-0.1, -0.05) is 20.8 Å². The van der Waals surface area contributed by atoms with Crippen LogP contribution in [0.15, 0.2) is 0 Å². The Hall–Kier alpha value is -0.610. The molecule has 0 aliphatic carbocycles. The molecule has 0 aliphatic heterocycles. The maximum atomic E-state index is 11.5. The second kappa shape index (κ2) is 10.5. The number of carbonyl (C=O) groups excluding carboxylic acids is 1. The van der Waals surface area contributed by atoms with Crippen molar-refractivity contribution in [2.75, 3.05) is 26.3 Å². The van der Waals surface area contributed by atoms with Gasteiger partial charge in [0.2, 0.25) is 5.91 Å². The molecule has 0 aliphatic rings. The SMILES string of the molecule is CC(C)COCCNC(=O)CCC(C)CCN. The molecule has 17 heavy (non-hydrogen) atoms. The number of rotatable bonds is 10. The molecular formula is C13H28N2O2. The van der Waals surface area contributed by atoms with Gasteiger partial charge in [-0.15, -0.1) is 0 Å². The minimum atomic E-state index is 0.113. The number of ether oxygens (including phenoxy) is 1. The van der Waals surface area contributed by atoms with E-state index in [1.54, 1.807) is 0 Å². The van der Waals surface area contributed by atoms with Crippen LogP contribution in [0, 0.1) is 11.8 Å². The Bertz CT molecular complexity index is 196. The molecule has 4 nitrogen and oxygen atoms in total. The average Bonchev–Trinajstić information content (AvgIpc) is 2.26. The number of hydrogen-bond donors (Lipinski definition) is 2. The molecule has 0 saturated heterocycles. The predicted molar refractivity (Wildman–Crippen MR) is 70.7 cm³/mol. The van der Waals surface area contributed by atoms with Gasteiger partial charge in [-0.05, 0) is 31.2 Å². The summed E-state index contributed by atoms with van der Waals surface area (Å²) in [6, 6.07) is 0. The van der Waals surface area contributed by atoms with Crippen molar-refractivity contribution in [3.05, 3.63) is 0 Å². The zero-order chi connectivity index (χ0) is 13.1. The molecule has 1 amide bonds. The lowest BCUT2D eigenvalue weighted by Crippen LogP contribution is -2.27. The van der Waals surface area contributed by atoms with Gasteiger partial charge in [0, 0.05) is 19.6 Å². The van der Waals surface area contributed by atoms with Crippen molar-refractivity contribution in [1.29, 1.82) is 0 Å². The van der Waals surface area contributed by atoms with Crippen molar-refractivity contribution in [3.8, 4) is 0 Å². The normalized spacial score (nSPS) is 12.8. The third-order valence-corrected chi connectivity index (χ3v) is 2.54. The second-order valence-corrected chi connectivity index (χ2v) is 5.04. The Labute approximate surface area is 105 Å². The zero-order valence-electron chi connectivity index (χ0n) is 11.5. The highest BCUT2D eigenvalue weighted by Crippen LogP contribution is 2.08. The smallest absolute Gasteiger partial charge is 0.220 e. The summed E-state index contributed by atoms with van der Waals surface area (Å²) >= 11 is 0. The average molecular weight is 244 g/mol. The molecule has 0 heterocycles. The molecule has 0 spiro atoms. The van der Waals surface area contributed by atoms with Gasteiger partial charge in [-0.2, -0.15) is 0 Å². The number of nitrogens with two attached hydrogens (primary N) is 1. The highest BCUT2D eigenvalue weighted by molar-refractivity contribution is 5.75. The van der Waals surface area contributed by atoms with E-state index in [0.717, 1.165) is 19.4 Å². The second-order valence-electron chi connectivity index (χ2n) is 5.04. The van der Waals surface area contributed by atoms with Gasteiger partial charge in [-0.25, -0.2) is 0 Å². The van der Waals surface area contributed by atoms with Crippen LogP contribution in [0.5, 0.6) is 0 Å². The molecule has 0 rings (SSSR count). The number of nitrogens with one attached hydrogen (secondary N) is 1. The molecule has 0 fully saturated rings.